The molecule has 0 fully saturated rings. The van der Waals surface area contributed by atoms with E-state index < -0.39 is 0 Å². The second-order valence-corrected chi connectivity index (χ2v) is 4.70. The van der Waals surface area contributed by atoms with Crippen molar-refractivity contribution in [2.24, 2.45) is 0 Å². The predicted molar refractivity (Wildman–Crippen MR) is 82.6 cm³/mol. The Morgan fingerprint density at radius 1 is 1.15 bits per heavy atom. The van der Waals surface area contributed by atoms with Gasteiger partial charge in [0.15, 0.2) is 0 Å². The summed E-state index contributed by atoms with van der Waals surface area (Å²) in [4.78, 5) is 6.28. The molecule has 0 atom stereocenters. The van der Waals surface area contributed by atoms with Crippen LogP contribution in [0.15, 0.2) is 54.9 Å². The number of hydrogen-bond acceptors (Lipinski definition) is 3. The summed E-state index contributed by atoms with van der Waals surface area (Å²) in [5.74, 6) is 0.903. The molecule has 20 heavy (non-hydrogen) atoms. The van der Waals surface area contributed by atoms with Gasteiger partial charge in [-0.1, -0.05) is 30.4 Å². The molecule has 2 rings (SSSR count). The topological polar surface area (TPSA) is 25.4 Å². The van der Waals surface area contributed by atoms with Gasteiger partial charge in [0.2, 0.25) is 0 Å². The third-order valence-electron chi connectivity index (χ3n) is 3.06. The molecule has 104 valence electrons. The molecule has 0 aliphatic rings. The van der Waals surface area contributed by atoms with E-state index in [0.717, 1.165) is 24.4 Å². The van der Waals surface area contributed by atoms with Crippen molar-refractivity contribution in [2.45, 2.75) is 6.54 Å². The molecule has 0 saturated carbocycles. The van der Waals surface area contributed by atoms with Gasteiger partial charge in [-0.3, -0.25) is 9.88 Å². The summed E-state index contributed by atoms with van der Waals surface area (Å²) in [5, 5.41) is 0. The second kappa shape index (κ2) is 7.46. The third kappa shape index (κ3) is 4.21. The zero-order valence-electron chi connectivity index (χ0n) is 12.0. The van der Waals surface area contributed by atoms with Crippen LogP contribution in [0.5, 0.6) is 5.75 Å². The molecule has 1 aromatic heterocycles. The summed E-state index contributed by atoms with van der Waals surface area (Å²) in [6.45, 7) is 1.80. The molecule has 0 unspecified atom stereocenters. The van der Waals surface area contributed by atoms with Gasteiger partial charge >= 0.3 is 0 Å². The van der Waals surface area contributed by atoms with Gasteiger partial charge < -0.3 is 4.74 Å². The molecule has 2 aromatic rings. The van der Waals surface area contributed by atoms with Gasteiger partial charge in [0, 0.05) is 31.0 Å². The summed E-state index contributed by atoms with van der Waals surface area (Å²) in [7, 11) is 3.80. The van der Waals surface area contributed by atoms with E-state index in [9.17, 15) is 0 Å². The van der Waals surface area contributed by atoms with Crippen molar-refractivity contribution in [3.63, 3.8) is 0 Å². The average molecular weight is 268 g/mol. The highest BCUT2D eigenvalue weighted by Gasteiger charge is 1.99. The van der Waals surface area contributed by atoms with Gasteiger partial charge in [-0.25, -0.2) is 0 Å². The largest absolute Gasteiger partial charge is 0.496 e. The summed E-state index contributed by atoms with van der Waals surface area (Å²) >= 11 is 0. The van der Waals surface area contributed by atoms with Crippen LogP contribution < -0.4 is 4.74 Å². The Bertz CT molecular complexity index is 552. The molecule has 0 amide bonds. The van der Waals surface area contributed by atoms with Crippen molar-refractivity contribution in [3.8, 4) is 5.75 Å². The van der Waals surface area contributed by atoms with Gasteiger partial charge in [0.1, 0.15) is 5.75 Å². The van der Waals surface area contributed by atoms with E-state index in [1.54, 1.807) is 7.11 Å². The third-order valence-corrected chi connectivity index (χ3v) is 3.06. The lowest BCUT2D eigenvalue weighted by molar-refractivity contribution is 0.364. The Balaban J connectivity index is 1.89. The first-order valence-electron chi connectivity index (χ1n) is 6.66. The molecular weight excluding hydrogens is 248 g/mol. The van der Waals surface area contributed by atoms with E-state index in [-0.39, 0.29) is 0 Å². The van der Waals surface area contributed by atoms with Crippen LogP contribution in [0.3, 0.4) is 0 Å². The Morgan fingerprint density at radius 3 is 2.65 bits per heavy atom. The minimum absolute atomic E-state index is 0.889. The minimum Gasteiger partial charge on any atom is -0.496 e. The number of rotatable bonds is 6. The minimum atomic E-state index is 0.889. The predicted octanol–water partition coefficient (Wildman–Crippen LogP) is 3.24. The highest BCUT2D eigenvalue weighted by molar-refractivity contribution is 5.57. The molecule has 0 aliphatic heterocycles. The number of benzene rings is 1. The maximum absolute atomic E-state index is 5.33. The number of likely N-dealkylation sites (N-methyl/N-ethyl adjacent to an activating group) is 1. The van der Waals surface area contributed by atoms with Crippen molar-refractivity contribution >= 4 is 6.08 Å². The second-order valence-electron chi connectivity index (χ2n) is 4.70. The summed E-state index contributed by atoms with van der Waals surface area (Å²) in [6.07, 6.45) is 7.91. The van der Waals surface area contributed by atoms with Crippen LogP contribution in [0.25, 0.3) is 6.08 Å². The van der Waals surface area contributed by atoms with Crippen molar-refractivity contribution in [1.82, 2.24) is 9.88 Å². The maximum atomic E-state index is 5.33. The molecule has 3 heteroatoms. The number of hydrogen-bond donors (Lipinski definition) is 0. The molecule has 0 radical (unpaired) electrons. The van der Waals surface area contributed by atoms with Crippen LogP contribution in [0.4, 0.5) is 0 Å². The number of methoxy groups -OCH3 is 1. The number of nitrogens with zero attached hydrogens (tertiary/aromatic N) is 2. The van der Waals surface area contributed by atoms with Crippen molar-refractivity contribution in [1.29, 1.82) is 0 Å². The highest BCUT2D eigenvalue weighted by Crippen LogP contribution is 2.18. The van der Waals surface area contributed by atoms with Gasteiger partial charge in [0.05, 0.1) is 7.11 Å². The molecule has 0 bridgehead atoms. The number of aromatic nitrogens is 1. The van der Waals surface area contributed by atoms with Crippen LogP contribution in [0.1, 0.15) is 11.1 Å². The summed E-state index contributed by atoms with van der Waals surface area (Å²) in [5.41, 5.74) is 2.38. The Hall–Kier alpha value is -2.13. The van der Waals surface area contributed by atoms with Crippen LogP contribution >= 0.6 is 0 Å². The summed E-state index contributed by atoms with van der Waals surface area (Å²) in [6, 6.07) is 12.1. The van der Waals surface area contributed by atoms with Crippen LogP contribution in [-0.2, 0) is 6.54 Å². The smallest absolute Gasteiger partial charge is 0.126 e. The Kier molecular flexibility index (Phi) is 5.33. The van der Waals surface area contributed by atoms with Gasteiger partial charge in [0.25, 0.3) is 0 Å². The zero-order chi connectivity index (χ0) is 14.2. The Morgan fingerprint density at radius 2 is 1.90 bits per heavy atom. The molecule has 3 nitrogen and oxygen atoms in total. The van der Waals surface area contributed by atoms with E-state index in [4.69, 9.17) is 4.74 Å². The quantitative estimate of drug-likeness (QED) is 0.804. The lowest BCUT2D eigenvalue weighted by atomic mass is 10.2. The van der Waals surface area contributed by atoms with Gasteiger partial charge in [-0.05, 0) is 30.8 Å². The van der Waals surface area contributed by atoms with E-state index in [1.165, 1.54) is 5.56 Å². The fraction of sp³-hybridized carbons (Fsp3) is 0.235. The normalized spacial score (nSPS) is 11.2. The SMILES string of the molecule is COc1ccccc1/C=C/CN(C)Cc1ccncc1. The molecule has 1 aromatic carbocycles. The monoisotopic (exact) mass is 268 g/mol. The van der Waals surface area contributed by atoms with Crippen molar-refractivity contribution in [3.05, 3.63) is 66.0 Å². The zero-order valence-corrected chi connectivity index (χ0v) is 12.0. The molecule has 1 heterocycles. The lowest BCUT2D eigenvalue weighted by Crippen LogP contribution is -2.17. The first kappa shape index (κ1) is 14.3. The van der Waals surface area contributed by atoms with E-state index in [2.05, 4.69) is 35.1 Å². The first-order valence-corrected chi connectivity index (χ1v) is 6.66. The standard InChI is InChI=1S/C17H20N2O/c1-19(14-15-9-11-18-12-10-15)13-5-7-16-6-3-4-8-17(16)20-2/h3-12H,13-14H2,1-2H3/b7-5+. The van der Waals surface area contributed by atoms with Crippen molar-refractivity contribution < 1.29 is 4.74 Å². The number of para-hydroxylation sites is 1. The van der Waals surface area contributed by atoms with Crippen LogP contribution in [0, 0.1) is 0 Å². The average Bonchev–Trinajstić information content (AvgIpc) is 2.49. The lowest BCUT2D eigenvalue weighted by Gasteiger charge is -2.14. The van der Waals surface area contributed by atoms with Crippen LogP contribution in [-0.4, -0.2) is 30.6 Å². The van der Waals surface area contributed by atoms with E-state index in [1.807, 2.05) is 42.7 Å². The van der Waals surface area contributed by atoms with Crippen molar-refractivity contribution in [2.75, 3.05) is 20.7 Å². The number of pyridine rings is 1. The van der Waals surface area contributed by atoms with Gasteiger partial charge in [-0.2, -0.15) is 0 Å². The summed E-state index contributed by atoms with van der Waals surface area (Å²) < 4.78 is 5.33. The Labute approximate surface area is 120 Å². The molecule has 0 spiro atoms. The highest BCUT2D eigenvalue weighted by atomic mass is 16.5. The van der Waals surface area contributed by atoms with E-state index in [0.29, 0.717) is 0 Å². The molecule has 0 N–H and O–H groups in total. The first-order chi connectivity index (χ1) is 9.79. The fourth-order valence-electron chi connectivity index (χ4n) is 2.03. The molecule has 0 aliphatic carbocycles. The van der Waals surface area contributed by atoms with Crippen LogP contribution in [0.2, 0.25) is 0 Å². The van der Waals surface area contributed by atoms with E-state index >= 15 is 0 Å². The maximum Gasteiger partial charge on any atom is 0.126 e. The number of ether oxygens (including phenoxy) is 1. The molecule has 0 saturated heterocycles. The van der Waals surface area contributed by atoms with Gasteiger partial charge in [-0.15, -0.1) is 0 Å². The molecular formula is C17H20N2O. The fourth-order valence-corrected chi connectivity index (χ4v) is 2.03.